The van der Waals surface area contributed by atoms with Crippen molar-refractivity contribution in [2.24, 2.45) is 0 Å². The molecule has 1 aliphatic heterocycles. The maximum atomic E-state index is 10.5. The van der Waals surface area contributed by atoms with Gasteiger partial charge >= 0.3 is 11.9 Å². The van der Waals surface area contributed by atoms with E-state index in [1.165, 1.54) is 19.1 Å². The molecule has 0 fully saturated rings. The van der Waals surface area contributed by atoms with E-state index in [1.807, 2.05) is 0 Å². The first-order valence-corrected chi connectivity index (χ1v) is 4.63. The summed E-state index contributed by atoms with van der Waals surface area (Å²) >= 11 is 0. The second-order valence-electron chi connectivity index (χ2n) is 3.31. The summed E-state index contributed by atoms with van der Waals surface area (Å²) in [4.78, 5) is 41.4. The van der Waals surface area contributed by atoms with Gasteiger partial charge in [-0.15, -0.1) is 0 Å². The Labute approximate surface area is 101 Å². The standard InChI is InChI=1S/C5H6N2O2.C5H4O3.H2O/c1-3-2-4(8)6-7-5(3)9;1-3-2-4(6)8-5(3)7;/h2H,1H3,(H,6,8)(H,7,9);2H,1H3;1H2. The fraction of sp³-hybridized carbons (Fsp3) is 0.200. The van der Waals surface area contributed by atoms with Crippen LogP contribution in [0.2, 0.25) is 0 Å². The number of nitrogens with one attached hydrogen (secondary N) is 2. The molecule has 0 unspecified atom stereocenters. The van der Waals surface area contributed by atoms with Crippen LogP contribution in [-0.2, 0) is 14.3 Å². The second-order valence-corrected chi connectivity index (χ2v) is 3.31. The molecule has 0 bridgehead atoms. The molecule has 0 atom stereocenters. The van der Waals surface area contributed by atoms with E-state index in [1.54, 1.807) is 6.92 Å². The van der Waals surface area contributed by atoms with Crippen molar-refractivity contribution in [1.82, 2.24) is 10.2 Å². The number of cyclic esters (lactones) is 2. The van der Waals surface area contributed by atoms with Gasteiger partial charge in [0, 0.05) is 23.3 Å². The Morgan fingerprint density at radius 3 is 1.94 bits per heavy atom. The molecule has 8 heteroatoms. The summed E-state index contributed by atoms with van der Waals surface area (Å²) in [6, 6.07) is 1.25. The average Bonchev–Trinajstić information content (AvgIpc) is 2.52. The summed E-state index contributed by atoms with van der Waals surface area (Å²) in [6.07, 6.45) is 1.17. The van der Waals surface area contributed by atoms with Gasteiger partial charge in [-0.3, -0.25) is 19.8 Å². The van der Waals surface area contributed by atoms with Crippen LogP contribution in [0.5, 0.6) is 0 Å². The fourth-order valence-corrected chi connectivity index (χ4v) is 0.952. The first-order chi connectivity index (χ1) is 7.90. The Hall–Kier alpha value is -2.48. The van der Waals surface area contributed by atoms with E-state index in [2.05, 4.69) is 14.9 Å². The minimum Gasteiger partial charge on any atom is -0.412 e. The van der Waals surface area contributed by atoms with E-state index in [-0.39, 0.29) is 16.6 Å². The Balaban J connectivity index is 0.000000306. The highest BCUT2D eigenvalue weighted by Crippen LogP contribution is 2.04. The molecule has 0 saturated carbocycles. The van der Waals surface area contributed by atoms with E-state index >= 15 is 0 Å². The molecule has 0 spiro atoms. The quantitative estimate of drug-likeness (QED) is 0.432. The van der Waals surface area contributed by atoms with Gasteiger partial charge in [-0.05, 0) is 13.8 Å². The normalized spacial score (nSPS) is 12.9. The van der Waals surface area contributed by atoms with Gasteiger partial charge < -0.3 is 10.2 Å². The van der Waals surface area contributed by atoms with Gasteiger partial charge in [0.15, 0.2) is 0 Å². The maximum absolute atomic E-state index is 10.5. The number of aromatic nitrogens is 2. The van der Waals surface area contributed by atoms with Crippen LogP contribution in [0.3, 0.4) is 0 Å². The zero-order chi connectivity index (χ0) is 13.0. The van der Waals surface area contributed by atoms with Gasteiger partial charge in [0.25, 0.3) is 11.1 Å². The number of H-pyrrole nitrogens is 2. The van der Waals surface area contributed by atoms with Crippen LogP contribution in [0.25, 0.3) is 0 Å². The SMILES string of the molecule is CC1=CC(=O)OC1=O.Cc1cc(=O)[nH][nH]c1=O.O. The molecule has 2 rings (SSSR count). The van der Waals surface area contributed by atoms with Crippen molar-refractivity contribution in [3.8, 4) is 0 Å². The summed E-state index contributed by atoms with van der Waals surface area (Å²) in [5.41, 5.74) is 0.260. The zero-order valence-electron chi connectivity index (χ0n) is 9.70. The summed E-state index contributed by atoms with van der Waals surface area (Å²) in [6.45, 7) is 3.11. The average molecular weight is 256 g/mol. The molecule has 0 aliphatic carbocycles. The fourth-order valence-electron chi connectivity index (χ4n) is 0.952. The van der Waals surface area contributed by atoms with Crippen molar-refractivity contribution in [3.63, 3.8) is 0 Å². The van der Waals surface area contributed by atoms with E-state index in [0.29, 0.717) is 11.1 Å². The molecule has 4 N–H and O–H groups in total. The molecule has 98 valence electrons. The van der Waals surface area contributed by atoms with Crippen molar-refractivity contribution in [1.29, 1.82) is 0 Å². The second kappa shape index (κ2) is 6.30. The highest BCUT2D eigenvalue weighted by molar-refractivity contribution is 6.08. The predicted molar refractivity (Wildman–Crippen MR) is 60.9 cm³/mol. The van der Waals surface area contributed by atoms with Gasteiger partial charge in [-0.1, -0.05) is 0 Å². The molecule has 0 radical (unpaired) electrons. The smallest absolute Gasteiger partial charge is 0.341 e. The minimum atomic E-state index is -0.562. The van der Waals surface area contributed by atoms with Gasteiger partial charge in [-0.25, -0.2) is 9.59 Å². The Morgan fingerprint density at radius 2 is 1.67 bits per heavy atom. The van der Waals surface area contributed by atoms with E-state index < -0.39 is 11.9 Å². The Bertz CT molecular complexity index is 595. The number of aromatic amines is 2. The summed E-state index contributed by atoms with van der Waals surface area (Å²) in [5, 5.41) is 4.32. The number of rotatable bonds is 0. The molecule has 1 aromatic heterocycles. The number of carbonyl (C=O) groups excluding carboxylic acids is 2. The maximum Gasteiger partial charge on any atom is 0.341 e. The van der Waals surface area contributed by atoms with Gasteiger partial charge in [0.1, 0.15) is 0 Å². The number of hydrogen-bond acceptors (Lipinski definition) is 5. The molecular formula is C10H12N2O6. The number of ether oxygens (including phenoxy) is 1. The first-order valence-electron chi connectivity index (χ1n) is 4.63. The van der Waals surface area contributed by atoms with Crippen LogP contribution in [0.15, 0.2) is 27.3 Å². The van der Waals surface area contributed by atoms with Crippen molar-refractivity contribution >= 4 is 11.9 Å². The highest BCUT2D eigenvalue weighted by atomic mass is 16.6. The monoisotopic (exact) mass is 256 g/mol. The number of carbonyl (C=O) groups is 2. The van der Waals surface area contributed by atoms with Crippen LogP contribution >= 0.6 is 0 Å². The molecule has 2 heterocycles. The van der Waals surface area contributed by atoms with Crippen molar-refractivity contribution < 1.29 is 19.8 Å². The molecular weight excluding hydrogens is 244 g/mol. The molecule has 1 aliphatic rings. The van der Waals surface area contributed by atoms with Gasteiger partial charge in [0.2, 0.25) is 0 Å². The summed E-state index contributed by atoms with van der Waals surface area (Å²) in [5.74, 6) is -1.09. The molecule has 0 amide bonds. The summed E-state index contributed by atoms with van der Waals surface area (Å²) < 4.78 is 4.10. The number of aryl methyl sites for hydroxylation is 1. The van der Waals surface area contributed by atoms with E-state index in [0.717, 1.165) is 0 Å². The van der Waals surface area contributed by atoms with Crippen molar-refractivity contribution in [2.45, 2.75) is 13.8 Å². The van der Waals surface area contributed by atoms with Crippen LogP contribution < -0.4 is 11.1 Å². The molecule has 8 nitrogen and oxygen atoms in total. The van der Waals surface area contributed by atoms with Crippen molar-refractivity contribution in [2.75, 3.05) is 0 Å². The van der Waals surface area contributed by atoms with Gasteiger partial charge in [0.05, 0.1) is 0 Å². The molecule has 0 saturated heterocycles. The minimum absolute atomic E-state index is 0. The first kappa shape index (κ1) is 15.5. The zero-order valence-corrected chi connectivity index (χ0v) is 9.70. The van der Waals surface area contributed by atoms with Crippen molar-refractivity contribution in [3.05, 3.63) is 44.0 Å². The lowest BCUT2D eigenvalue weighted by molar-refractivity contribution is -0.150. The largest absolute Gasteiger partial charge is 0.412 e. The lowest BCUT2D eigenvalue weighted by Gasteiger charge is -1.84. The number of esters is 2. The lowest BCUT2D eigenvalue weighted by atomic mass is 10.3. The predicted octanol–water partition coefficient (Wildman–Crippen LogP) is -1.44. The summed E-state index contributed by atoms with van der Waals surface area (Å²) in [7, 11) is 0. The van der Waals surface area contributed by atoms with Crippen LogP contribution in [0.4, 0.5) is 0 Å². The third-order valence-corrected chi connectivity index (χ3v) is 1.85. The molecule has 1 aromatic rings. The molecule has 18 heavy (non-hydrogen) atoms. The van der Waals surface area contributed by atoms with Crippen LogP contribution in [-0.4, -0.2) is 27.6 Å². The van der Waals surface area contributed by atoms with E-state index in [4.69, 9.17) is 0 Å². The van der Waals surface area contributed by atoms with Crippen LogP contribution in [0, 0.1) is 6.92 Å². The lowest BCUT2D eigenvalue weighted by Crippen LogP contribution is -2.19. The van der Waals surface area contributed by atoms with E-state index in [9.17, 15) is 19.2 Å². The number of hydrogen-bond donors (Lipinski definition) is 2. The Morgan fingerprint density at radius 1 is 1.06 bits per heavy atom. The third-order valence-electron chi connectivity index (χ3n) is 1.85. The van der Waals surface area contributed by atoms with Gasteiger partial charge in [-0.2, -0.15) is 0 Å². The van der Waals surface area contributed by atoms with Crippen LogP contribution in [0.1, 0.15) is 12.5 Å². The Kier molecular flexibility index (Phi) is 5.43. The molecule has 0 aromatic carbocycles. The topological polar surface area (TPSA) is 141 Å². The third kappa shape index (κ3) is 4.18. The highest BCUT2D eigenvalue weighted by Gasteiger charge is 2.18.